The van der Waals surface area contributed by atoms with Gasteiger partial charge >= 0.3 is 0 Å². The Hall–Kier alpha value is -3.02. The van der Waals surface area contributed by atoms with Crippen molar-refractivity contribution >= 4 is 11.4 Å². The zero-order valence-electron chi connectivity index (χ0n) is 16.9. The van der Waals surface area contributed by atoms with Gasteiger partial charge in [0.15, 0.2) is 0 Å². The Morgan fingerprint density at radius 1 is 0.862 bits per heavy atom. The Morgan fingerprint density at radius 2 is 1.48 bits per heavy atom. The average molecular weight is 389 g/mol. The largest absolute Gasteiger partial charge is 0.491 e. The lowest BCUT2D eigenvalue weighted by Crippen LogP contribution is -2.32. The lowest BCUT2D eigenvalue weighted by Gasteiger charge is -2.21. The maximum absolute atomic E-state index is 10.3. The second-order valence-corrected chi connectivity index (χ2v) is 7.18. The molecule has 1 N–H and O–H groups in total. The van der Waals surface area contributed by atoms with Gasteiger partial charge in [0, 0.05) is 13.1 Å². The van der Waals surface area contributed by atoms with Crippen LogP contribution in [0.15, 0.2) is 89.1 Å². The standard InChI is InChI=1S/C24H27N3O2/c1-19-8-10-20(11-9-19)16-27(2)17-23(28)18-29-24-14-12-22(13-15-24)26-25-21-6-4-3-5-7-21/h3-15,23,28H,16-18H2,1-2H3/b26-25-. The van der Waals surface area contributed by atoms with E-state index in [2.05, 4.69) is 46.3 Å². The summed E-state index contributed by atoms with van der Waals surface area (Å²) in [6, 6.07) is 25.4. The van der Waals surface area contributed by atoms with Gasteiger partial charge in [0.25, 0.3) is 0 Å². The van der Waals surface area contributed by atoms with E-state index in [1.165, 1.54) is 11.1 Å². The Kier molecular flexibility index (Phi) is 7.50. The van der Waals surface area contributed by atoms with Crippen molar-refractivity contribution in [3.05, 3.63) is 90.0 Å². The summed E-state index contributed by atoms with van der Waals surface area (Å²) >= 11 is 0. The highest BCUT2D eigenvalue weighted by atomic mass is 16.5. The molecule has 0 amide bonds. The number of azo groups is 1. The van der Waals surface area contributed by atoms with E-state index < -0.39 is 6.10 Å². The van der Waals surface area contributed by atoms with E-state index in [0.717, 1.165) is 17.9 Å². The topological polar surface area (TPSA) is 57.4 Å². The number of likely N-dealkylation sites (N-methyl/N-ethyl adjacent to an activating group) is 1. The second kappa shape index (κ2) is 10.5. The van der Waals surface area contributed by atoms with Crippen LogP contribution in [-0.4, -0.2) is 36.3 Å². The lowest BCUT2D eigenvalue weighted by molar-refractivity contribution is 0.0744. The van der Waals surface area contributed by atoms with Crippen LogP contribution in [0.4, 0.5) is 11.4 Å². The molecule has 0 heterocycles. The Morgan fingerprint density at radius 3 is 2.14 bits per heavy atom. The van der Waals surface area contributed by atoms with E-state index in [0.29, 0.717) is 12.3 Å². The van der Waals surface area contributed by atoms with Crippen molar-refractivity contribution in [2.24, 2.45) is 10.2 Å². The normalized spacial score (nSPS) is 12.4. The summed E-state index contributed by atoms with van der Waals surface area (Å²) in [5, 5.41) is 18.7. The highest BCUT2D eigenvalue weighted by Crippen LogP contribution is 2.21. The third kappa shape index (κ3) is 7.14. The lowest BCUT2D eigenvalue weighted by atomic mass is 10.1. The molecule has 29 heavy (non-hydrogen) atoms. The van der Waals surface area contributed by atoms with Crippen molar-refractivity contribution in [1.29, 1.82) is 0 Å². The first-order valence-electron chi connectivity index (χ1n) is 9.70. The first-order valence-corrected chi connectivity index (χ1v) is 9.70. The highest BCUT2D eigenvalue weighted by molar-refractivity contribution is 5.42. The van der Waals surface area contributed by atoms with Crippen molar-refractivity contribution in [2.75, 3.05) is 20.2 Å². The zero-order valence-corrected chi connectivity index (χ0v) is 16.9. The number of rotatable bonds is 9. The van der Waals surface area contributed by atoms with Gasteiger partial charge in [0.05, 0.1) is 11.4 Å². The third-order valence-corrected chi connectivity index (χ3v) is 4.41. The van der Waals surface area contributed by atoms with Gasteiger partial charge in [-0.1, -0.05) is 48.0 Å². The maximum Gasteiger partial charge on any atom is 0.119 e. The molecule has 5 heteroatoms. The number of benzene rings is 3. The van der Waals surface area contributed by atoms with Gasteiger partial charge in [0.1, 0.15) is 18.5 Å². The highest BCUT2D eigenvalue weighted by Gasteiger charge is 2.10. The van der Waals surface area contributed by atoms with Gasteiger partial charge in [0.2, 0.25) is 0 Å². The molecule has 0 aliphatic rings. The van der Waals surface area contributed by atoms with E-state index in [1.54, 1.807) is 0 Å². The molecule has 0 spiro atoms. The molecule has 3 rings (SSSR count). The van der Waals surface area contributed by atoms with Crippen LogP contribution in [0.3, 0.4) is 0 Å². The third-order valence-electron chi connectivity index (χ3n) is 4.41. The number of aliphatic hydroxyl groups excluding tert-OH is 1. The van der Waals surface area contributed by atoms with Crippen molar-refractivity contribution in [2.45, 2.75) is 19.6 Å². The molecule has 0 bridgehead atoms. The van der Waals surface area contributed by atoms with E-state index in [9.17, 15) is 5.11 Å². The van der Waals surface area contributed by atoms with Crippen LogP contribution >= 0.6 is 0 Å². The van der Waals surface area contributed by atoms with Gasteiger partial charge < -0.3 is 9.84 Å². The number of nitrogens with zero attached hydrogens (tertiary/aromatic N) is 3. The van der Waals surface area contributed by atoms with Gasteiger partial charge in [-0.25, -0.2) is 0 Å². The minimum absolute atomic E-state index is 0.239. The summed E-state index contributed by atoms with van der Waals surface area (Å²) in [4.78, 5) is 2.09. The summed E-state index contributed by atoms with van der Waals surface area (Å²) < 4.78 is 5.70. The fourth-order valence-corrected chi connectivity index (χ4v) is 2.89. The van der Waals surface area contributed by atoms with Gasteiger partial charge in [-0.05, 0) is 55.9 Å². The van der Waals surface area contributed by atoms with Crippen LogP contribution in [-0.2, 0) is 6.54 Å². The summed E-state index contributed by atoms with van der Waals surface area (Å²) in [7, 11) is 2.00. The number of hydrogen-bond donors (Lipinski definition) is 1. The number of aliphatic hydroxyl groups is 1. The molecule has 0 aromatic heterocycles. The molecular weight excluding hydrogens is 362 g/mol. The first-order chi connectivity index (χ1) is 14.1. The van der Waals surface area contributed by atoms with Gasteiger partial charge in [-0.2, -0.15) is 10.2 Å². The average Bonchev–Trinajstić information content (AvgIpc) is 2.74. The van der Waals surface area contributed by atoms with Crippen LogP contribution in [0.2, 0.25) is 0 Å². The molecule has 0 radical (unpaired) electrons. The number of hydrogen-bond acceptors (Lipinski definition) is 5. The fourth-order valence-electron chi connectivity index (χ4n) is 2.89. The van der Waals surface area contributed by atoms with Crippen LogP contribution in [0.25, 0.3) is 0 Å². The maximum atomic E-state index is 10.3. The minimum Gasteiger partial charge on any atom is -0.491 e. The molecule has 1 atom stereocenters. The van der Waals surface area contributed by atoms with Crippen LogP contribution < -0.4 is 4.74 Å². The molecule has 3 aromatic rings. The minimum atomic E-state index is -0.567. The van der Waals surface area contributed by atoms with Crippen LogP contribution in [0, 0.1) is 6.92 Å². The van der Waals surface area contributed by atoms with Gasteiger partial charge in [-0.15, -0.1) is 0 Å². The number of ether oxygens (including phenoxy) is 1. The quantitative estimate of drug-likeness (QED) is 0.506. The summed E-state index contributed by atoms with van der Waals surface area (Å²) in [6.07, 6.45) is -0.567. The summed E-state index contributed by atoms with van der Waals surface area (Å²) in [6.45, 7) is 3.64. The smallest absolute Gasteiger partial charge is 0.119 e. The van der Waals surface area contributed by atoms with Crippen molar-refractivity contribution in [3.8, 4) is 5.75 Å². The predicted octanol–water partition coefficient (Wildman–Crippen LogP) is 5.28. The molecule has 0 saturated heterocycles. The molecule has 0 aliphatic carbocycles. The number of aryl methyl sites for hydroxylation is 1. The van der Waals surface area contributed by atoms with E-state index in [1.807, 2.05) is 61.6 Å². The summed E-state index contributed by atoms with van der Waals surface area (Å²) in [5.41, 5.74) is 4.04. The molecule has 0 saturated carbocycles. The Labute approximate surface area is 172 Å². The first kappa shape index (κ1) is 20.7. The van der Waals surface area contributed by atoms with Crippen LogP contribution in [0.5, 0.6) is 5.75 Å². The molecular formula is C24H27N3O2. The van der Waals surface area contributed by atoms with Crippen molar-refractivity contribution in [3.63, 3.8) is 0 Å². The Bertz CT molecular complexity index is 894. The zero-order chi connectivity index (χ0) is 20.5. The fraction of sp³-hybridized carbons (Fsp3) is 0.250. The molecule has 0 fully saturated rings. The monoisotopic (exact) mass is 389 g/mol. The van der Waals surface area contributed by atoms with E-state index in [4.69, 9.17) is 4.74 Å². The Balaban J connectivity index is 1.43. The van der Waals surface area contributed by atoms with Crippen molar-refractivity contribution in [1.82, 2.24) is 4.90 Å². The second-order valence-electron chi connectivity index (χ2n) is 7.18. The molecule has 1 unspecified atom stereocenters. The molecule has 3 aromatic carbocycles. The SMILES string of the molecule is Cc1ccc(CN(C)CC(O)COc2ccc(/N=N\c3ccccc3)cc2)cc1. The van der Waals surface area contributed by atoms with Crippen LogP contribution in [0.1, 0.15) is 11.1 Å². The molecule has 5 nitrogen and oxygen atoms in total. The van der Waals surface area contributed by atoms with E-state index in [-0.39, 0.29) is 6.61 Å². The predicted molar refractivity (Wildman–Crippen MR) is 116 cm³/mol. The van der Waals surface area contributed by atoms with E-state index >= 15 is 0 Å². The van der Waals surface area contributed by atoms with Crippen molar-refractivity contribution < 1.29 is 9.84 Å². The molecule has 0 aliphatic heterocycles. The molecule has 150 valence electrons. The van der Waals surface area contributed by atoms with Gasteiger partial charge in [-0.3, -0.25) is 4.90 Å². The summed E-state index contributed by atoms with van der Waals surface area (Å²) in [5.74, 6) is 0.698.